The number of carbonyl (C=O) groups excluding carboxylic acids is 1. The minimum Gasteiger partial charge on any atom is -0.351 e. The average Bonchev–Trinajstić information content (AvgIpc) is 3.08. The van der Waals surface area contributed by atoms with Crippen LogP contribution in [0, 0.1) is 6.92 Å². The molecule has 0 spiro atoms. The number of amides is 1. The standard InChI is InChI=1S/C20H20ClN3OS/c1-14(26-19-9-5-17(21)6-10-19)20(25)23-13-16-3-7-18(8-4-16)24-12-11-22-15(24)2/h3-12,14H,13H2,1-2H3,(H,23,25)/t14-/m1/s1. The van der Waals surface area contributed by atoms with Crippen molar-refractivity contribution in [3.63, 3.8) is 0 Å². The lowest BCUT2D eigenvalue weighted by Gasteiger charge is -2.12. The van der Waals surface area contributed by atoms with Crippen LogP contribution >= 0.6 is 23.4 Å². The summed E-state index contributed by atoms with van der Waals surface area (Å²) in [6, 6.07) is 15.6. The minimum atomic E-state index is -0.177. The van der Waals surface area contributed by atoms with Crippen molar-refractivity contribution >= 4 is 29.3 Å². The highest BCUT2D eigenvalue weighted by Crippen LogP contribution is 2.24. The van der Waals surface area contributed by atoms with Crippen LogP contribution in [0.3, 0.4) is 0 Å². The van der Waals surface area contributed by atoms with Crippen LogP contribution in [0.5, 0.6) is 0 Å². The molecule has 1 atom stereocenters. The molecule has 0 aliphatic heterocycles. The van der Waals surface area contributed by atoms with E-state index in [4.69, 9.17) is 11.6 Å². The summed E-state index contributed by atoms with van der Waals surface area (Å²) in [4.78, 5) is 17.6. The first-order valence-corrected chi connectivity index (χ1v) is 9.58. The molecule has 134 valence electrons. The lowest BCUT2D eigenvalue weighted by atomic mass is 10.2. The molecule has 0 aliphatic rings. The Balaban J connectivity index is 1.54. The van der Waals surface area contributed by atoms with Crippen molar-refractivity contribution < 1.29 is 4.79 Å². The number of hydrogen-bond acceptors (Lipinski definition) is 3. The number of nitrogens with one attached hydrogen (secondary N) is 1. The van der Waals surface area contributed by atoms with Gasteiger partial charge in [-0.25, -0.2) is 4.98 Å². The van der Waals surface area contributed by atoms with Gasteiger partial charge in [0.25, 0.3) is 0 Å². The van der Waals surface area contributed by atoms with E-state index in [-0.39, 0.29) is 11.2 Å². The molecule has 1 aromatic heterocycles. The van der Waals surface area contributed by atoms with Crippen LogP contribution in [0.15, 0.2) is 65.8 Å². The Bertz CT molecular complexity index is 875. The summed E-state index contributed by atoms with van der Waals surface area (Å²) < 4.78 is 2.02. The van der Waals surface area contributed by atoms with E-state index in [0.717, 1.165) is 22.0 Å². The van der Waals surface area contributed by atoms with Crippen LogP contribution in [0.2, 0.25) is 5.02 Å². The van der Waals surface area contributed by atoms with E-state index >= 15 is 0 Å². The number of hydrogen-bond donors (Lipinski definition) is 1. The van der Waals surface area contributed by atoms with Gasteiger partial charge >= 0.3 is 0 Å². The molecule has 0 saturated heterocycles. The number of aromatic nitrogens is 2. The van der Waals surface area contributed by atoms with E-state index in [1.165, 1.54) is 11.8 Å². The number of rotatable bonds is 6. The molecule has 1 N–H and O–H groups in total. The second kappa shape index (κ2) is 8.43. The van der Waals surface area contributed by atoms with Gasteiger partial charge in [0, 0.05) is 34.5 Å². The molecule has 1 heterocycles. The van der Waals surface area contributed by atoms with Gasteiger partial charge in [0.15, 0.2) is 0 Å². The quantitative estimate of drug-likeness (QED) is 0.629. The largest absolute Gasteiger partial charge is 0.351 e. The van der Waals surface area contributed by atoms with E-state index in [1.807, 2.05) is 73.1 Å². The Hall–Kier alpha value is -2.24. The van der Waals surface area contributed by atoms with Crippen molar-refractivity contribution in [2.75, 3.05) is 0 Å². The Morgan fingerprint density at radius 3 is 2.50 bits per heavy atom. The number of halogens is 1. The molecule has 1 amide bonds. The molecule has 3 aromatic rings. The smallest absolute Gasteiger partial charge is 0.233 e. The van der Waals surface area contributed by atoms with Crippen molar-refractivity contribution in [3.05, 3.63) is 77.3 Å². The SMILES string of the molecule is Cc1nccn1-c1ccc(CNC(=O)[C@@H](C)Sc2ccc(Cl)cc2)cc1. The molecule has 3 rings (SSSR count). The van der Waals surface area contributed by atoms with E-state index in [9.17, 15) is 4.79 Å². The number of nitrogens with zero attached hydrogens (tertiary/aromatic N) is 2. The van der Waals surface area contributed by atoms with Gasteiger partial charge < -0.3 is 9.88 Å². The molecular weight excluding hydrogens is 366 g/mol. The number of benzene rings is 2. The summed E-state index contributed by atoms with van der Waals surface area (Å²) in [7, 11) is 0. The van der Waals surface area contributed by atoms with Gasteiger partial charge in [0.2, 0.25) is 5.91 Å². The van der Waals surface area contributed by atoms with E-state index in [2.05, 4.69) is 10.3 Å². The maximum atomic E-state index is 12.3. The molecule has 0 radical (unpaired) electrons. The number of aryl methyl sites for hydroxylation is 1. The van der Waals surface area contributed by atoms with Crippen LogP contribution in [0.1, 0.15) is 18.3 Å². The highest BCUT2D eigenvalue weighted by molar-refractivity contribution is 8.00. The van der Waals surface area contributed by atoms with Gasteiger partial charge in [0.1, 0.15) is 5.82 Å². The van der Waals surface area contributed by atoms with Crippen molar-refractivity contribution in [2.45, 2.75) is 30.5 Å². The van der Waals surface area contributed by atoms with Gasteiger partial charge in [-0.15, -0.1) is 11.8 Å². The third-order valence-electron chi connectivity index (χ3n) is 4.00. The summed E-state index contributed by atoms with van der Waals surface area (Å²) in [5.74, 6) is 0.957. The summed E-state index contributed by atoms with van der Waals surface area (Å²) in [5.41, 5.74) is 2.12. The Labute approximate surface area is 162 Å². The molecular formula is C20H20ClN3OS. The van der Waals surface area contributed by atoms with Crippen molar-refractivity contribution in [3.8, 4) is 5.69 Å². The normalized spacial score (nSPS) is 12.0. The van der Waals surface area contributed by atoms with Crippen molar-refractivity contribution in [1.29, 1.82) is 0 Å². The first-order valence-electron chi connectivity index (χ1n) is 8.32. The molecule has 0 bridgehead atoms. The minimum absolute atomic E-state index is 0.0134. The van der Waals surface area contributed by atoms with Gasteiger partial charge in [0.05, 0.1) is 5.25 Å². The van der Waals surface area contributed by atoms with Crippen LogP contribution in [-0.2, 0) is 11.3 Å². The van der Waals surface area contributed by atoms with Crippen LogP contribution in [-0.4, -0.2) is 20.7 Å². The lowest BCUT2D eigenvalue weighted by Crippen LogP contribution is -2.30. The second-order valence-electron chi connectivity index (χ2n) is 5.94. The Morgan fingerprint density at radius 1 is 1.19 bits per heavy atom. The second-order valence-corrected chi connectivity index (χ2v) is 7.79. The zero-order chi connectivity index (χ0) is 18.5. The first kappa shape index (κ1) is 18.5. The lowest BCUT2D eigenvalue weighted by molar-refractivity contribution is -0.120. The third-order valence-corrected chi connectivity index (χ3v) is 5.37. The van der Waals surface area contributed by atoms with Gasteiger partial charge in [-0.05, 0) is 55.8 Å². The van der Waals surface area contributed by atoms with E-state index in [1.54, 1.807) is 6.20 Å². The Kier molecular flexibility index (Phi) is 6.01. The first-order chi connectivity index (χ1) is 12.5. The zero-order valence-electron chi connectivity index (χ0n) is 14.6. The molecule has 26 heavy (non-hydrogen) atoms. The highest BCUT2D eigenvalue weighted by atomic mass is 35.5. The van der Waals surface area contributed by atoms with Gasteiger partial charge in [-0.1, -0.05) is 23.7 Å². The van der Waals surface area contributed by atoms with E-state index in [0.29, 0.717) is 11.6 Å². The molecule has 0 fully saturated rings. The zero-order valence-corrected chi connectivity index (χ0v) is 16.2. The summed E-state index contributed by atoms with van der Waals surface area (Å²) >= 11 is 7.40. The molecule has 0 saturated carbocycles. The molecule has 0 aliphatic carbocycles. The fraction of sp³-hybridized carbons (Fsp3) is 0.200. The van der Waals surface area contributed by atoms with E-state index < -0.39 is 0 Å². The number of carbonyl (C=O) groups is 1. The molecule has 2 aromatic carbocycles. The monoisotopic (exact) mass is 385 g/mol. The third kappa shape index (κ3) is 4.68. The number of thioether (sulfide) groups is 1. The topological polar surface area (TPSA) is 46.9 Å². The molecule has 6 heteroatoms. The van der Waals surface area contributed by atoms with Crippen LogP contribution in [0.25, 0.3) is 5.69 Å². The maximum absolute atomic E-state index is 12.3. The molecule has 0 unspecified atom stereocenters. The fourth-order valence-electron chi connectivity index (χ4n) is 2.53. The average molecular weight is 386 g/mol. The van der Waals surface area contributed by atoms with Crippen LogP contribution in [0.4, 0.5) is 0 Å². The van der Waals surface area contributed by atoms with Crippen molar-refractivity contribution in [2.24, 2.45) is 0 Å². The number of imidazole rings is 1. The van der Waals surface area contributed by atoms with Gasteiger partial charge in [-0.3, -0.25) is 4.79 Å². The van der Waals surface area contributed by atoms with Crippen LogP contribution < -0.4 is 5.32 Å². The predicted molar refractivity (Wildman–Crippen MR) is 107 cm³/mol. The van der Waals surface area contributed by atoms with Crippen molar-refractivity contribution in [1.82, 2.24) is 14.9 Å². The summed E-state index contributed by atoms with van der Waals surface area (Å²) in [5, 5.41) is 3.51. The highest BCUT2D eigenvalue weighted by Gasteiger charge is 2.14. The summed E-state index contributed by atoms with van der Waals surface area (Å²) in [6.07, 6.45) is 3.71. The molecule has 4 nitrogen and oxygen atoms in total. The Morgan fingerprint density at radius 2 is 1.88 bits per heavy atom. The predicted octanol–water partition coefficient (Wildman–Crippen LogP) is 4.63. The maximum Gasteiger partial charge on any atom is 0.233 e. The summed E-state index contributed by atoms with van der Waals surface area (Å²) in [6.45, 7) is 4.38. The van der Waals surface area contributed by atoms with Gasteiger partial charge in [-0.2, -0.15) is 0 Å². The fourth-order valence-corrected chi connectivity index (χ4v) is 3.55.